The van der Waals surface area contributed by atoms with Crippen LogP contribution in [0.1, 0.15) is 23.0 Å². The van der Waals surface area contributed by atoms with Crippen LogP contribution < -0.4 is 15.8 Å². The van der Waals surface area contributed by atoms with E-state index in [1.807, 2.05) is 5.32 Å². The van der Waals surface area contributed by atoms with E-state index in [2.05, 4.69) is 4.98 Å². The van der Waals surface area contributed by atoms with Gasteiger partial charge in [0.15, 0.2) is 17.2 Å². The molecule has 7 nitrogen and oxygen atoms in total. The molecular formula is C16H16FN3O4. The summed E-state index contributed by atoms with van der Waals surface area (Å²) in [5, 5.41) is 12.1. The summed E-state index contributed by atoms with van der Waals surface area (Å²) >= 11 is 0. The van der Waals surface area contributed by atoms with E-state index in [0.29, 0.717) is 5.56 Å². The Bertz CT molecular complexity index is 747. The lowest BCUT2D eigenvalue weighted by atomic mass is 10.2. The van der Waals surface area contributed by atoms with Crippen molar-refractivity contribution in [3.05, 3.63) is 53.6 Å². The molecular weight excluding hydrogens is 317 g/mol. The number of carbonyl (C=O) groups excluding carboxylic acids is 2. The number of nitrogens with one attached hydrogen (secondary N) is 1. The van der Waals surface area contributed by atoms with Gasteiger partial charge < -0.3 is 15.6 Å². The fraction of sp³-hybridized carbons (Fsp3) is 0.188. The van der Waals surface area contributed by atoms with Crippen LogP contribution in [0.4, 0.5) is 4.39 Å². The number of pyridine rings is 1. The van der Waals surface area contributed by atoms with Gasteiger partial charge in [0, 0.05) is 12.3 Å². The highest BCUT2D eigenvalue weighted by Crippen LogP contribution is 2.28. The molecule has 2 aromatic rings. The first-order valence-corrected chi connectivity index (χ1v) is 7.04. The van der Waals surface area contributed by atoms with Gasteiger partial charge in [0.05, 0.1) is 6.04 Å². The Kier molecular flexibility index (Phi) is 5.43. The Morgan fingerprint density at radius 2 is 2.00 bits per heavy atom. The van der Waals surface area contributed by atoms with Crippen LogP contribution in [0.2, 0.25) is 0 Å². The summed E-state index contributed by atoms with van der Waals surface area (Å²) < 4.78 is 18.3. The van der Waals surface area contributed by atoms with Gasteiger partial charge in [-0.3, -0.25) is 14.9 Å². The highest BCUT2D eigenvalue weighted by molar-refractivity contribution is 6.06. The number of hydrogen-bond acceptors (Lipinski definition) is 6. The number of hydrogen-bond donors (Lipinski definition) is 3. The van der Waals surface area contributed by atoms with E-state index in [1.165, 1.54) is 43.5 Å². The molecule has 0 bridgehead atoms. The van der Waals surface area contributed by atoms with E-state index in [-0.39, 0.29) is 23.9 Å². The molecule has 0 aliphatic heterocycles. The Labute approximate surface area is 137 Å². The van der Waals surface area contributed by atoms with Gasteiger partial charge in [0.2, 0.25) is 5.91 Å². The molecule has 0 spiro atoms. The maximum Gasteiger partial charge on any atom is 0.280 e. The van der Waals surface area contributed by atoms with Gasteiger partial charge in [0.1, 0.15) is 12.4 Å². The lowest BCUT2D eigenvalue weighted by molar-refractivity contribution is -0.121. The van der Waals surface area contributed by atoms with Gasteiger partial charge in [-0.1, -0.05) is 12.1 Å². The molecule has 8 heteroatoms. The third kappa shape index (κ3) is 4.26. The molecule has 0 fully saturated rings. The first-order valence-electron chi connectivity index (χ1n) is 7.04. The largest absolute Gasteiger partial charge is 0.503 e. The number of ether oxygens (including phenoxy) is 1. The van der Waals surface area contributed by atoms with Crippen molar-refractivity contribution in [2.75, 3.05) is 0 Å². The standard InChI is InChI=1S/C16H16FN3O4/c1-9(18)15(22)20-16(23)13-14(21)12(6-7-19-13)24-8-10-2-4-11(17)5-3-10/h2-7,9,21H,8,18H2,1H3,(H,20,22,23)/t9-/m0/s1. The molecule has 24 heavy (non-hydrogen) atoms. The van der Waals surface area contributed by atoms with Crippen LogP contribution in [0, 0.1) is 5.82 Å². The molecule has 2 rings (SSSR count). The van der Waals surface area contributed by atoms with E-state index < -0.39 is 23.6 Å². The van der Waals surface area contributed by atoms with Crippen LogP contribution in [-0.2, 0) is 11.4 Å². The van der Waals surface area contributed by atoms with E-state index in [0.717, 1.165) is 0 Å². The van der Waals surface area contributed by atoms with Crippen molar-refractivity contribution in [2.24, 2.45) is 5.73 Å². The van der Waals surface area contributed by atoms with Crippen molar-refractivity contribution in [3.63, 3.8) is 0 Å². The molecule has 0 aliphatic rings. The molecule has 126 valence electrons. The average Bonchev–Trinajstić information content (AvgIpc) is 2.55. The van der Waals surface area contributed by atoms with Gasteiger partial charge in [-0.05, 0) is 24.6 Å². The van der Waals surface area contributed by atoms with E-state index >= 15 is 0 Å². The van der Waals surface area contributed by atoms with Gasteiger partial charge in [-0.2, -0.15) is 0 Å². The molecule has 1 aromatic heterocycles. The number of amides is 2. The molecule has 0 saturated heterocycles. The predicted molar refractivity (Wildman–Crippen MR) is 82.8 cm³/mol. The Hall–Kier alpha value is -3.00. The Morgan fingerprint density at radius 3 is 2.62 bits per heavy atom. The monoisotopic (exact) mass is 333 g/mol. The Morgan fingerprint density at radius 1 is 1.33 bits per heavy atom. The maximum atomic E-state index is 12.8. The number of nitrogens with zero attached hydrogens (tertiary/aromatic N) is 1. The molecule has 0 saturated carbocycles. The molecule has 2 amide bonds. The topological polar surface area (TPSA) is 115 Å². The SMILES string of the molecule is C[C@H](N)C(=O)NC(=O)c1nccc(OCc2ccc(F)cc2)c1O. The summed E-state index contributed by atoms with van der Waals surface area (Å²) in [6, 6.07) is 6.11. The number of aromatic hydroxyl groups is 1. The maximum absolute atomic E-state index is 12.8. The van der Waals surface area contributed by atoms with Crippen LogP contribution >= 0.6 is 0 Å². The summed E-state index contributed by atoms with van der Waals surface area (Å²) in [6.07, 6.45) is 1.25. The fourth-order valence-electron chi connectivity index (χ4n) is 1.75. The zero-order chi connectivity index (χ0) is 17.7. The number of benzene rings is 1. The van der Waals surface area contributed by atoms with E-state index in [1.54, 1.807) is 0 Å². The Balaban J connectivity index is 2.11. The van der Waals surface area contributed by atoms with Crippen molar-refractivity contribution < 1.29 is 23.8 Å². The number of rotatable bonds is 5. The molecule has 0 unspecified atom stereocenters. The highest BCUT2D eigenvalue weighted by Gasteiger charge is 2.20. The number of nitrogens with two attached hydrogens (primary N) is 1. The first kappa shape index (κ1) is 17.4. The van der Waals surface area contributed by atoms with Crippen LogP contribution in [0.15, 0.2) is 36.5 Å². The van der Waals surface area contributed by atoms with E-state index in [4.69, 9.17) is 10.5 Å². The number of carbonyl (C=O) groups is 2. The third-order valence-electron chi connectivity index (χ3n) is 3.06. The second-order valence-electron chi connectivity index (χ2n) is 5.03. The normalized spacial score (nSPS) is 11.6. The van der Waals surface area contributed by atoms with Gasteiger partial charge in [-0.15, -0.1) is 0 Å². The van der Waals surface area contributed by atoms with E-state index in [9.17, 15) is 19.1 Å². The van der Waals surface area contributed by atoms with Crippen molar-refractivity contribution in [1.29, 1.82) is 0 Å². The molecule has 1 heterocycles. The highest BCUT2D eigenvalue weighted by atomic mass is 19.1. The lowest BCUT2D eigenvalue weighted by Crippen LogP contribution is -2.41. The first-order chi connectivity index (χ1) is 11.4. The van der Waals surface area contributed by atoms with Crippen molar-refractivity contribution in [1.82, 2.24) is 10.3 Å². The zero-order valence-corrected chi connectivity index (χ0v) is 12.8. The zero-order valence-electron chi connectivity index (χ0n) is 12.8. The minimum atomic E-state index is -0.887. The quantitative estimate of drug-likeness (QED) is 0.755. The summed E-state index contributed by atoms with van der Waals surface area (Å²) in [7, 11) is 0. The molecule has 1 aromatic carbocycles. The number of halogens is 1. The van der Waals surface area contributed by atoms with Gasteiger partial charge >= 0.3 is 0 Å². The lowest BCUT2D eigenvalue weighted by Gasteiger charge is -2.11. The van der Waals surface area contributed by atoms with Crippen molar-refractivity contribution in [2.45, 2.75) is 19.6 Å². The minimum absolute atomic E-state index is 0.00715. The van der Waals surface area contributed by atoms with Gasteiger partial charge in [-0.25, -0.2) is 9.37 Å². The smallest absolute Gasteiger partial charge is 0.280 e. The number of imide groups is 1. The second-order valence-corrected chi connectivity index (χ2v) is 5.03. The molecule has 0 radical (unpaired) electrons. The van der Waals surface area contributed by atoms with Crippen molar-refractivity contribution >= 4 is 11.8 Å². The molecule has 4 N–H and O–H groups in total. The summed E-state index contributed by atoms with van der Waals surface area (Å²) in [4.78, 5) is 27.1. The summed E-state index contributed by atoms with van der Waals surface area (Å²) in [6.45, 7) is 1.47. The van der Waals surface area contributed by atoms with Crippen LogP contribution in [0.25, 0.3) is 0 Å². The predicted octanol–water partition coefficient (Wildman–Crippen LogP) is 1.11. The third-order valence-corrected chi connectivity index (χ3v) is 3.06. The van der Waals surface area contributed by atoms with Crippen LogP contribution in [-0.4, -0.2) is 27.9 Å². The molecule has 0 aliphatic carbocycles. The second kappa shape index (κ2) is 7.51. The average molecular weight is 333 g/mol. The fourth-order valence-corrected chi connectivity index (χ4v) is 1.75. The minimum Gasteiger partial charge on any atom is -0.503 e. The van der Waals surface area contributed by atoms with Gasteiger partial charge in [0.25, 0.3) is 5.91 Å². The summed E-state index contributed by atoms with van der Waals surface area (Å²) in [5.41, 5.74) is 5.67. The summed E-state index contributed by atoms with van der Waals surface area (Å²) in [5.74, 6) is -2.45. The van der Waals surface area contributed by atoms with Crippen LogP contribution in [0.5, 0.6) is 11.5 Å². The molecule has 1 atom stereocenters. The number of aromatic nitrogens is 1. The van der Waals surface area contributed by atoms with Crippen LogP contribution in [0.3, 0.4) is 0 Å². The van der Waals surface area contributed by atoms with Crippen molar-refractivity contribution in [3.8, 4) is 11.5 Å².